The zero-order chi connectivity index (χ0) is 14.7. The summed E-state index contributed by atoms with van der Waals surface area (Å²) in [4.78, 5) is 11.8. The average molecular weight is 272 g/mol. The maximum Gasteiger partial charge on any atom is 0.273 e. The number of hydrogen-bond donors (Lipinski definition) is 1. The molecule has 0 aliphatic heterocycles. The van der Waals surface area contributed by atoms with Crippen LogP contribution >= 0.6 is 0 Å². The molecule has 0 amide bonds. The fourth-order valence-corrected chi connectivity index (χ4v) is 1.93. The topological polar surface area (TPSA) is 57.2 Å². The van der Waals surface area contributed by atoms with Gasteiger partial charge in [0, 0.05) is 7.05 Å². The van der Waals surface area contributed by atoms with Gasteiger partial charge in [0.1, 0.15) is 5.75 Å². The Balaban J connectivity index is 2.26. The van der Waals surface area contributed by atoms with Crippen LogP contribution in [0.4, 0.5) is 5.69 Å². The highest BCUT2D eigenvalue weighted by atomic mass is 16.5. The lowest BCUT2D eigenvalue weighted by atomic mass is 10.1. The summed E-state index contributed by atoms with van der Waals surface area (Å²) in [6.45, 7) is 4.91. The molecule has 1 heterocycles. The van der Waals surface area contributed by atoms with Crippen molar-refractivity contribution < 1.29 is 4.74 Å². The molecule has 4 heteroatoms. The van der Waals surface area contributed by atoms with Gasteiger partial charge in [0.05, 0.1) is 18.0 Å². The average Bonchev–Trinajstić information content (AvgIpc) is 2.43. The molecule has 1 aromatic carbocycles. The van der Waals surface area contributed by atoms with E-state index in [1.54, 1.807) is 17.7 Å². The minimum absolute atomic E-state index is 0.178. The van der Waals surface area contributed by atoms with Crippen LogP contribution in [0.25, 0.3) is 11.3 Å². The van der Waals surface area contributed by atoms with Gasteiger partial charge >= 0.3 is 0 Å². The molecule has 0 aliphatic rings. The van der Waals surface area contributed by atoms with E-state index >= 15 is 0 Å². The van der Waals surface area contributed by atoms with Crippen molar-refractivity contribution in [3.63, 3.8) is 0 Å². The minimum Gasteiger partial charge on any atom is -0.493 e. The Kier molecular flexibility index (Phi) is 4.13. The van der Waals surface area contributed by atoms with Gasteiger partial charge in [-0.2, -0.15) is 0 Å². The van der Waals surface area contributed by atoms with E-state index in [2.05, 4.69) is 13.8 Å². The Labute approximate surface area is 118 Å². The number of anilines is 1. The molecule has 106 valence electrons. The number of nitrogen functional groups attached to an aromatic ring is 1. The molecular formula is C16H20N2O2. The smallest absolute Gasteiger partial charge is 0.273 e. The van der Waals surface area contributed by atoms with Gasteiger partial charge in [-0.25, -0.2) is 0 Å². The van der Waals surface area contributed by atoms with E-state index < -0.39 is 0 Å². The largest absolute Gasteiger partial charge is 0.493 e. The Morgan fingerprint density at radius 1 is 1.15 bits per heavy atom. The van der Waals surface area contributed by atoms with E-state index in [-0.39, 0.29) is 11.2 Å². The third-order valence-electron chi connectivity index (χ3n) is 3.07. The molecule has 0 bridgehead atoms. The lowest BCUT2D eigenvalue weighted by molar-refractivity contribution is 0.271. The standard InChI is InChI=1S/C16H20N2O2/c1-11(2)10-20-13-6-4-12(5-7-13)15-9-8-14(17)16(19)18(15)3/h4-9,11H,10,17H2,1-3H3. The summed E-state index contributed by atoms with van der Waals surface area (Å²) in [5.74, 6) is 1.33. The van der Waals surface area contributed by atoms with Gasteiger partial charge < -0.3 is 15.0 Å². The third kappa shape index (κ3) is 3.02. The van der Waals surface area contributed by atoms with Crippen LogP contribution in [0.15, 0.2) is 41.2 Å². The van der Waals surface area contributed by atoms with Gasteiger partial charge in [-0.1, -0.05) is 13.8 Å². The summed E-state index contributed by atoms with van der Waals surface area (Å²) in [6.07, 6.45) is 0. The van der Waals surface area contributed by atoms with E-state index in [0.717, 1.165) is 17.0 Å². The van der Waals surface area contributed by atoms with Crippen LogP contribution in [-0.4, -0.2) is 11.2 Å². The molecular weight excluding hydrogens is 252 g/mol. The first-order valence-corrected chi connectivity index (χ1v) is 6.68. The monoisotopic (exact) mass is 272 g/mol. The van der Waals surface area contributed by atoms with Crippen molar-refractivity contribution in [2.75, 3.05) is 12.3 Å². The molecule has 2 N–H and O–H groups in total. The second kappa shape index (κ2) is 5.82. The predicted molar refractivity (Wildman–Crippen MR) is 81.9 cm³/mol. The lowest BCUT2D eigenvalue weighted by Gasteiger charge is -2.11. The maximum atomic E-state index is 11.8. The van der Waals surface area contributed by atoms with Crippen LogP contribution in [0, 0.1) is 5.92 Å². The highest BCUT2D eigenvalue weighted by molar-refractivity contribution is 5.62. The van der Waals surface area contributed by atoms with E-state index in [9.17, 15) is 4.79 Å². The van der Waals surface area contributed by atoms with Gasteiger partial charge in [0.25, 0.3) is 5.56 Å². The lowest BCUT2D eigenvalue weighted by Crippen LogP contribution is -2.21. The molecule has 20 heavy (non-hydrogen) atoms. The van der Waals surface area contributed by atoms with E-state index in [4.69, 9.17) is 10.5 Å². The van der Waals surface area contributed by atoms with Crippen molar-refractivity contribution >= 4 is 5.69 Å². The van der Waals surface area contributed by atoms with Crippen LogP contribution in [0.2, 0.25) is 0 Å². The van der Waals surface area contributed by atoms with Gasteiger partial charge in [-0.3, -0.25) is 4.79 Å². The number of nitrogens with zero attached hydrogens (tertiary/aromatic N) is 1. The number of nitrogens with two attached hydrogens (primary N) is 1. The minimum atomic E-state index is -0.178. The molecule has 0 saturated heterocycles. The van der Waals surface area contributed by atoms with Crippen molar-refractivity contribution in [2.24, 2.45) is 13.0 Å². The van der Waals surface area contributed by atoms with Crippen LogP contribution in [0.3, 0.4) is 0 Å². The Hall–Kier alpha value is -2.23. The van der Waals surface area contributed by atoms with Crippen LogP contribution in [-0.2, 0) is 7.05 Å². The summed E-state index contributed by atoms with van der Waals surface area (Å²) in [7, 11) is 1.72. The zero-order valence-electron chi connectivity index (χ0n) is 12.1. The van der Waals surface area contributed by atoms with Gasteiger partial charge in [-0.15, -0.1) is 0 Å². The summed E-state index contributed by atoms with van der Waals surface area (Å²) >= 11 is 0. The molecule has 0 fully saturated rings. The molecule has 2 aromatic rings. The number of rotatable bonds is 4. The van der Waals surface area contributed by atoms with Crippen molar-refractivity contribution in [1.29, 1.82) is 0 Å². The SMILES string of the molecule is CC(C)COc1ccc(-c2ccc(N)c(=O)n2C)cc1. The number of pyridine rings is 1. The fraction of sp³-hybridized carbons (Fsp3) is 0.312. The Morgan fingerprint density at radius 3 is 2.40 bits per heavy atom. The molecule has 0 radical (unpaired) electrons. The van der Waals surface area contributed by atoms with Crippen molar-refractivity contribution in [3.05, 3.63) is 46.8 Å². The molecule has 0 spiro atoms. The van der Waals surface area contributed by atoms with E-state index in [1.807, 2.05) is 30.3 Å². The number of ether oxygens (including phenoxy) is 1. The van der Waals surface area contributed by atoms with Crippen molar-refractivity contribution in [2.45, 2.75) is 13.8 Å². The van der Waals surface area contributed by atoms with Gasteiger partial charge in [0.15, 0.2) is 0 Å². The highest BCUT2D eigenvalue weighted by Crippen LogP contribution is 2.21. The highest BCUT2D eigenvalue weighted by Gasteiger charge is 2.06. The van der Waals surface area contributed by atoms with Crippen molar-refractivity contribution in [1.82, 2.24) is 4.57 Å². The molecule has 4 nitrogen and oxygen atoms in total. The number of aromatic nitrogens is 1. The molecule has 0 saturated carbocycles. The maximum absolute atomic E-state index is 11.8. The third-order valence-corrected chi connectivity index (χ3v) is 3.07. The van der Waals surface area contributed by atoms with Crippen LogP contribution in [0.5, 0.6) is 5.75 Å². The predicted octanol–water partition coefficient (Wildman–Crippen LogP) is 2.67. The van der Waals surface area contributed by atoms with Crippen LogP contribution in [0.1, 0.15) is 13.8 Å². The van der Waals surface area contributed by atoms with Gasteiger partial charge in [-0.05, 0) is 47.9 Å². The van der Waals surface area contributed by atoms with E-state index in [1.165, 1.54) is 0 Å². The second-order valence-electron chi connectivity index (χ2n) is 5.27. The molecule has 0 atom stereocenters. The first-order chi connectivity index (χ1) is 9.49. The Morgan fingerprint density at radius 2 is 1.80 bits per heavy atom. The molecule has 2 rings (SSSR count). The summed E-state index contributed by atoms with van der Waals surface area (Å²) in [5.41, 5.74) is 7.48. The summed E-state index contributed by atoms with van der Waals surface area (Å²) in [6, 6.07) is 11.2. The normalized spacial score (nSPS) is 10.8. The number of hydrogen-bond acceptors (Lipinski definition) is 3. The molecule has 1 aromatic heterocycles. The second-order valence-corrected chi connectivity index (χ2v) is 5.27. The van der Waals surface area contributed by atoms with Gasteiger partial charge in [0.2, 0.25) is 0 Å². The number of benzene rings is 1. The Bertz CT molecular complexity index is 643. The van der Waals surface area contributed by atoms with Crippen molar-refractivity contribution in [3.8, 4) is 17.0 Å². The molecule has 0 aliphatic carbocycles. The fourth-order valence-electron chi connectivity index (χ4n) is 1.93. The first-order valence-electron chi connectivity index (χ1n) is 6.68. The first kappa shape index (κ1) is 14.2. The quantitative estimate of drug-likeness (QED) is 0.931. The summed E-state index contributed by atoms with van der Waals surface area (Å²) < 4.78 is 7.20. The molecule has 0 unspecified atom stereocenters. The summed E-state index contributed by atoms with van der Waals surface area (Å²) in [5, 5.41) is 0. The van der Waals surface area contributed by atoms with Crippen LogP contribution < -0.4 is 16.0 Å². The zero-order valence-corrected chi connectivity index (χ0v) is 12.1. The van der Waals surface area contributed by atoms with E-state index in [0.29, 0.717) is 12.5 Å².